The Labute approximate surface area is 162 Å². The van der Waals surface area contributed by atoms with E-state index in [0.29, 0.717) is 22.8 Å². The van der Waals surface area contributed by atoms with Gasteiger partial charge in [-0.25, -0.2) is 0 Å². The van der Waals surface area contributed by atoms with Crippen molar-refractivity contribution in [2.75, 3.05) is 6.61 Å². The Morgan fingerprint density at radius 3 is 2.41 bits per heavy atom. The number of hydrogen-bond donors (Lipinski definition) is 3. The number of hydrazine groups is 1. The summed E-state index contributed by atoms with van der Waals surface area (Å²) >= 11 is 1.26. The van der Waals surface area contributed by atoms with Crippen LogP contribution in [0.25, 0.3) is 0 Å². The third-order valence-corrected chi connectivity index (χ3v) is 4.58. The average molecular weight is 389 g/mol. The molecule has 27 heavy (non-hydrogen) atoms. The van der Waals surface area contributed by atoms with Crippen LogP contribution < -0.4 is 20.9 Å². The van der Waals surface area contributed by atoms with E-state index in [-0.39, 0.29) is 5.92 Å². The van der Waals surface area contributed by atoms with E-state index in [1.807, 2.05) is 6.92 Å². The maximum absolute atomic E-state index is 12.6. The van der Waals surface area contributed by atoms with Gasteiger partial charge in [-0.05, 0) is 36.4 Å². The molecule has 3 amide bonds. The molecule has 144 valence electrons. The van der Waals surface area contributed by atoms with E-state index >= 15 is 0 Å². The van der Waals surface area contributed by atoms with Gasteiger partial charge in [0.15, 0.2) is 0 Å². The summed E-state index contributed by atoms with van der Waals surface area (Å²) in [6, 6.07) is 9.40. The molecule has 1 heterocycles. The van der Waals surface area contributed by atoms with Crippen molar-refractivity contribution in [2.45, 2.75) is 26.8 Å². The zero-order valence-electron chi connectivity index (χ0n) is 15.4. The molecule has 0 bridgehead atoms. The molecule has 1 aromatic heterocycles. The number of amides is 3. The summed E-state index contributed by atoms with van der Waals surface area (Å²) in [6.45, 7) is 5.86. The summed E-state index contributed by atoms with van der Waals surface area (Å²) in [6.07, 6.45) is 0. The van der Waals surface area contributed by atoms with Gasteiger partial charge in [0, 0.05) is 0 Å². The van der Waals surface area contributed by atoms with Crippen LogP contribution in [0.4, 0.5) is 0 Å². The maximum atomic E-state index is 12.6. The number of ether oxygens (including phenoxy) is 1. The van der Waals surface area contributed by atoms with Crippen LogP contribution in [0.1, 0.15) is 40.8 Å². The second kappa shape index (κ2) is 9.72. The Morgan fingerprint density at radius 2 is 1.78 bits per heavy atom. The Kier molecular flexibility index (Phi) is 7.36. The van der Waals surface area contributed by atoms with Crippen molar-refractivity contribution in [3.63, 3.8) is 0 Å². The predicted molar refractivity (Wildman–Crippen MR) is 104 cm³/mol. The Balaban J connectivity index is 2.03. The third kappa shape index (κ3) is 5.55. The van der Waals surface area contributed by atoms with Crippen LogP contribution in [0.2, 0.25) is 0 Å². The van der Waals surface area contributed by atoms with E-state index in [0.717, 1.165) is 0 Å². The summed E-state index contributed by atoms with van der Waals surface area (Å²) < 4.78 is 5.46. The average Bonchev–Trinajstić information content (AvgIpc) is 3.19. The molecule has 1 aromatic carbocycles. The molecule has 0 aliphatic heterocycles. The molecule has 8 heteroatoms. The lowest BCUT2D eigenvalue weighted by atomic mass is 10.0. The Morgan fingerprint density at radius 1 is 1.04 bits per heavy atom. The fourth-order valence-corrected chi connectivity index (χ4v) is 2.97. The van der Waals surface area contributed by atoms with Crippen LogP contribution in [0.15, 0.2) is 41.8 Å². The van der Waals surface area contributed by atoms with Crippen molar-refractivity contribution >= 4 is 29.1 Å². The number of hydrogen-bond acceptors (Lipinski definition) is 5. The Hall–Kier alpha value is -2.87. The molecule has 0 saturated carbocycles. The molecule has 0 fully saturated rings. The highest BCUT2D eigenvalue weighted by Gasteiger charge is 2.26. The SMILES string of the molecule is CCOc1ccccc1C(=O)NC(C(=O)NNC(=O)c1cccs1)C(C)C. The molecular weight excluding hydrogens is 366 g/mol. The van der Waals surface area contributed by atoms with Crippen LogP contribution in [-0.2, 0) is 4.79 Å². The Bertz CT molecular complexity index is 790. The lowest BCUT2D eigenvalue weighted by Gasteiger charge is -2.22. The highest BCUT2D eigenvalue weighted by molar-refractivity contribution is 7.12. The monoisotopic (exact) mass is 389 g/mol. The summed E-state index contributed by atoms with van der Waals surface area (Å²) in [5.74, 6) is -1.07. The number of benzene rings is 1. The van der Waals surface area contributed by atoms with E-state index in [1.165, 1.54) is 11.3 Å². The van der Waals surface area contributed by atoms with Gasteiger partial charge < -0.3 is 10.1 Å². The van der Waals surface area contributed by atoms with Gasteiger partial charge in [-0.3, -0.25) is 25.2 Å². The molecular formula is C19H23N3O4S. The van der Waals surface area contributed by atoms with Crippen LogP contribution >= 0.6 is 11.3 Å². The first-order valence-electron chi connectivity index (χ1n) is 8.60. The molecule has 0 radical (unpaired) electrons. The summed E-state index contributed by atoms with van der Waals surface area (Å²) in [4.78, 5) is 37.5. The van der Waals surface area contributed by atoms with Gasteiger partial charge in [-0.1, -0.05) is 32.0 Å². The second-order valence-electron chi connectivity index (χ2n) is 6.04. The van der Waals surface area contributed by atoms with E-state index < -0.39 is 23.8 Å². The number of thiophene rings is 1. The number of para-hydroxylation sites is 1. The molecule has 7 nitrogen and oxygen atoms in total. The minimum atomic E-state index is -0.823. The van der Waals surface area contributed by atoms with Gasteiger partial charge in [-0.15, -0.1) is 11.3 Å². The zero-order chi connectivity index (χ0) is 19.8. The van der Waals surface area contributed by atoms with Gasteiger partial charge in [0.25, 0.3) is 17.7 Å². The van der Waals surface area contributed by atoms with E-state index in [1.54, 1.807) is 55.6 Å². The second-order valence-corrected chi connectivity index (χ2v) is 6.99. The van der Waals surface area contributed by atoms with Crippen LogP contribution in [0.3, 0.4) is 0 Å². The molecule has 1 unspecified atom stereocenters. The minimum absolute atomic E-state index is 0.188. The fraction of sp³-hybridized carbons (Fsp3) is 0.316. The van der Waals surface area contributed by atoms with Crippen molar-refractivity contribution in [2.24, 2.45) is 5.92 Å². The van der Waals surface area contributed by atoms with Crippen molar-refractivity contribution in [1.29, 1.82) is 0 Å². The highest BCUT2D eigenvalue weighted by atomic mass is 32.1. The van der Waals surface area contributed by atoms with Crippen molar-refractivity contribution in [3.05, 3.63) is 52.2 Å². The zero-order valence-corrected chi connectivity index (χ0v) is 16.3. The van der Waals surface area contributed by atoms with E-state index in [2.05, 4.69) is 16.2 Å². The number of nitrogens with one attached hydrogen (secondary N) is 3. The smallest absolute Gasteiger partial charge is 0.279 e. The molecule has 2 aromatic rings. The normalized spacial score (nSPS) is 11.6. The predicted octanol–water partition coefficient (Wildman–Crippen LogP) is 2.36. The van der Waals surface area contributed by atoms with Gasteiger partial charge in [0.05, 0.1) is 17.0 Å². The molecule has 3 N–H and O–H groups in total. The van der Waals surface area contributed by atoms with Crippen LogP contribution in [-0.4, -0.2) is 30.4 Å². The molecule has 0 aliphatic rings. The first-order chi connectivity index (χ1) is 12.9. The molecule has 0 saturated heterocycles. The number of carbonyl (C=O) groups is 3. The van der Waals surface area contributed by atoms with Crippen molar-refractivity contribution in [1.82, 2.24) is 16.2 Å². The molecule has 2 rings (SSSR count). The fourth-order valence-electron chi connectivity index (χ4n) is 2.36. The van der Waals surface area contributed by atoms with Crippen molar-refractivity contribution < 1.29 is 19.1 Å². The number of rotatable bonds is 7. The minimum Gasteiger partial charge on any atom is -0.493 e. The third-order valence-electron chi connectivity index (χ3n) is 3.71. The molecule has 1 atom stereocenters. The lowest BCUT2D eigenvalue weighted by molar-refractivity contribution is -0.124. The number of carbonyl (C=O) groups excluding carboxylic acids is 3. The molecule has 0 aliphatic carbocycles. The molecule has 0 spiro atoms. The summed E-state index contributed by atoms with van der Waals surface area (Å²) in [7, 11) is 0. The van der Waals surface area contributed by atoms with Crippen molar-refractivity contribution in [3.8, 4) is 5.75 Å². The van der Waals surface area contributed by atoms with Gasteiger partial charge in [0.1, 0.15) is 11.8 Å². The lowest BCUT2D eigenvalue weighted by Crippen LogP contribution is -2.54. The summed E-state index contributed by atoms with van der Waals surface area (Å²) in [5, 5.41) is 4.48. The van der Waals surface area contributed by atoms with E-state index in [9.17, 15) is 14.4 Å². The van der Waals surface area contributed by atoms with Crippen LogP contribution in [0, 0.1) is 5.92 Å². The van der Waals surface area contributed by atoms with Gasteiger partial charge in [-0.2, -0.15) is 0 Å². The van der Waals surface area contributed by atoms with Gasteiger partial charge in [0.2, 0.25) is 0 Å². The first-order valence-corrected chi connectivity index (χ1v) is 9.48. The van der Waals surface area contributed by atoms with Crippen LogP contribution in [0.5, 0.6) is 5.75 Å². The quantitative estimate of drug-likeness (QED) is 0.634. The largest absolute Gasteiger partial charge is 0.493 e. The standard InChI is InChI=1S/C19H23N3O4S/c1-4-26-14-9-6-5-8-13(14)17(23)20-16(12(2)3)19(25)22-21-18(24)15-10-7-11-27-15/h5-12,16H,4H2,1-3H3,(H,20,23)(H,21,24)(H,22,25). The topological polar surface area (TPSA) is 96.5 Å². The van der Waals surface area contributed by atoms with Gasteiger partial charge >= 0.3 is 0 Å². The van der Waals surface area contributed by atoms with E-state index in [4.69, 9.17) is 4.74 Å². The highest BCUT2D eigenvalue weighted by Crippen LogP contribution is 2.18. The maximum Gasteiger partial charge on any atom is 0.279 e. The first kappa shape index (κ1) is 20.4. The summed E-state index contributed by atoms with van der Waals surface area (Å²) in [5.41, 5.74) is 5.08.